The molecule has 4 atom stereocenters. The van der Waals surface area contributed by atoms with Gasteiger partial charge in [0.15, 0.2) is 34.2 Å². The predicted octanol–water partition coefficient (Wildman–Crippen LogP) is 10.5. The average molecular weight is 693 g/mol. The van der Waals surface area contributed by atoms with Crippen LogP contribution in [0.2, 0.25) is 0 Å². The van der Waals surface area contributed by atoms with Crippen molar-refractivity contribution in [3.63, 3.8) is 0 Å². The number of hydrogen-bond donors (Lipinski definition) is 2. The minimum Gasteiger partial charge on any atom is -0.444 e. The minimum atomic E-state index is -3.34. The molecule has 0 fully saturated rings. The number of ether oxygens (including phenoxy) is 1. The Hall–Kier alpha value is -3.73. The Morgan fingerprint density at radius 2 is 1.02 bits per heavy atom. The number of nitrogens with zero attached hydrogens (tertiary/aromatic N) is 1. The molecule has 234 valence electrons. The summed E-state index contributed by atoms with van der Waals surface area (Å²) >= 11 is 7.52. The van der Waals surface area contributed by atoms with Crippen LogP contribution < -0.4 is 32.8 Å². The fourth-order valence-electron chi connectivity index (χ4n) is 4.46. The normalized spacial score (nSPS) is 21.7. The molecule has 12 heteroatoms. The van der Waals surface area contributed by atoms with Crippen molar-refractivity contribution in [2.24, 2.45) is 4.74 Å². The summed E-state index contributed by atoms with van der Waals surface area (Å²) in [5, 5.41) is 3.48. The molecule has 46 heavy (non-hydrogen) atoms. The molecule has 1 aliphatic heterocycles. The molecule has 1 aliphatic rings. The first-order valence-electron chi connectivity index (χ1n) is 14.7. The van der Waals surface area contributed by atoms with E-state index in [0.717, 1.165) is 0 Å². The van der Waals surface area contributed by atoms with E-state index < -0.39 is 34.6 Å². The molecular weight excluding hydrogens is 659 g/mol. The highest BCUT2D eigenvalue weighted by atomic mass is 35.7. The first-order chi connectivity index (χ1) is 22.5. The van der Waals surface area contributed by atoms with E-state index in [-0.39, 0.29) is 6.54 Å². The van der Waals surface area contributed by atoms with Gasteiger partial charge in [-0.2, -0.15) is 0 Å². The van der Waals surface area contributed by atoms with Gasteiger partial charge in [0.25, 0.3) is 5.78 Å². The quantitative estimate of drug-likeness (QED) is 0.141. The van der Waals surface area contributed by atoms with Gasteiger partial charge < -0.3 is 4.74 Å². The molecule has 0 saturated heterocycles. The molecule has 8 nitrogen and oxygen atoms in total. The molecule has 0 amide bonds. The van der Waals surface area contributed by atoms with Gasteiger partial charge in [0, 0.05) is 6.92 Å². The van der Waals surface area contributed by atoms with Gasteiger partial charge in [-0.15, -0.1) is 5.09 Å². The zero-order valence-corrected chi connectivity index (χ0v) is 28.4. The van der Waals surface area contributed by atoms with Crippen molar-refractivity contribution in [2.45, 2.75) is 18.6 Å². The van der Waals surface area contributed by atoms with Crippen LogP contribution in [0.3, 0.4) is 0 Å². The van der Waals surface area contributed by atoms with Gasteiger partial charge in [-0.25, -0.2) is 0 Å². The average Bonchev–Trinajstić information content (AvgIpc) is 3.11. The maximum absolute atomic E-state index is 7.52. The maximum Gasteiger partial charge on any atom is 0.500 e. The van der Waals surface area contributed by atoms with E-state index in [1.807, 2.05) is 159 Å². The zero-order chi connectivity index (χ0) is 31.7. The minimum absolute atomic E-state index is 0.247. The van der Waals surface area contributed by atoms with E-state index >= 15 is 0 Å². The zero-order valence-electron chi connectivity index (χ0n) is 25.0. The standard InChI is InChI=1S/C34H34ClN3O5P3/c1-28-37-44(40-30-19-9-3-10-20-30)34(39-29-17-7-2-8-18-29)27-36-46(35,43-33-25-15-6-16-26-33)38-45(28,41-31-21-11-4-12-22-31)42-32-23-13-5-14-24-32/h2-26,28,34,36,38H,27H2,1H3/q+3/t28?,34-,46?/m1/s1. The molecule has 0 aromatic heterocycles. The van der Waals surface area contributed by atoms with Crippen LogP contribution in [0.5, 0.6) is 28.7 Å². The van der Waals surface area contributed by atoms with E-state index in [2.05, 4.69) is 9.95 Å². The molecule has 0 aliphatic carbocycles. The monoisotopic (exact) mass is 692 g/mol. The third-order valence-corrected chi connectivity index (χ3v) is 15.1. The Labute approximate surface area is 276 Å². The van der Waals surface area contributed by atoms with Crippen LogP contribution in [0.1, 0.15) is 6.92 Å². The Balaban J connectivity index is 1.50. The number of nitrogens with one attached hydrogen (secondary N) is 2. The fraction of sp³-hybridized carbons (Fsp3) is 0.118. The molecule has 0 bridgehead atoms. The Kier molecular flexibility index (Phi) is 10.7. The van der Waals surface area contributed by atoms with Crippen molar-refractivity contribution in [1.82, 2.24) is 9.95 Å². The lowest BCUT2D eigenvalue weighted by molar-refractivity contribution is 0.275. The van der Waals surface area contributed by atoms with Crippen LogP contribution in [0, 0.1) is 0 Å². The summed E-state index contributed by atoms with van der Waals surface area (Å²) in [6.45, 7) is 2.20. The largest absolute Gasteiger partial charge is 0.500 e. The highest BCUT2D eigenvalue weighted by Crippen LogP contribution is 2.73. The molecular formula is C34H34ClN3O5P3+3. The van der Waals surface area contributed by atoms with Crippen molar-refractivity contribution in [2.75, 3.05) is 6.54 Å². The van der Waals surface area contributed by atoms with Crippen molar-refractivity contribution < 1.29 is 22.8 Å². The summed E-state index contributed by atoms with van der Waals surface area (Å²) in [5.41, 5.74) is 0. The van der Waals surface area contributed by atoms with Crippen molar-refractivity contribution >= 4 is 34.2 Å². The number of hydrogen-bond acceptors (Lipinski definition) is 8. The third-order valence-electron chi connectivity index (χ3n) is 6.66. The van der Waals surface area contributed by atoms with E-state index in [1.165, 1.54) is 0 Å². The number of benzene rings is 5. The number of para-hydroxylation sites is 5. The van der Waals surface area contributed by atoms with Crippen LogP contribution in [0.15, 0.2) is 156 Å². The lowest BCUT2D eigenvalue weighted by Crippen LogP contribution is -2.37. The first kappa shape index (κ1) is 32.2. The molecule has 5 aromatic carbocycles. The lowest BCUT2D eigenvalue weighted by Gasteiger charge is -2.27. The molecule has 0 saturated carbocycles. The summed E-state index contributed by atoms with van der Waals surface area (Å²) in [4.78, 5) is 3.57. The van der Waals surface area contributed by atoms with Gasteiger partial charge in [-0.05, 0) is 65.4 Å². The van der Waals surface area contributed by atoms with Gasteiger partial charge in [0.1, 0.15) is 12.3 Å². The van der Waals surface area contributed by atoms with Crippen LogP contribution in [0.4, 0.5) is 0 Å². The molecule has 0 spiro atoms. The molecule has 0 radical (unpaired) electrons. The number of halogens is 1. The fourth-order valence-corrected chi connectivity index (χ4v) is 13.3. The van der Waals surface area contributed by atoms with Crippen LogP contribution in [0.25, 0.3) is 0 Å². The highest BCUT2D eigenvalue weighted by Gasteiger charge is 2.68. The van der Waals surface area contributed by atoms with E-state index in [4.69, 9.17) is 38.8 Å². The summed E-state index contributed by atoms with van der Waals surface area (Å²) in [7, 11) is -8.29. The van der Waals surface area contributed by atoms with Gasteiger partial charge in [0.05, 0.1) is 4.86 Å². The molecule has 2 N–H and O–H groups in total. The first-order valence-corrected chi connectivity index (χ1v) is 20.3. The summed E-state index contributed by atoms with van der Waals surface area (Å²) in [5.74, 6) is 1.94. The van der Waals surface area contributed by atoms with Crippen LogP contribution in [-0.4, -0.2) is 18.2 Å². The Morgan fingerprint density at radius 1 is 0.609 bits per heavy atom. The van der Waals surface area contributed by atoms with Gasteiger partial charge in [0.2, 0.25) is 0 Å². The van der Waals surface area contributed by atoms with Gasteiger partial charge >= 0.3 is 28.8 Å². The van der Waals surface area contributed by atoms with Crippen molar-refractivity contribution in [3.8, 4) is 28.7 Å². The van der Waals surface area contributed by atoms with Crippen molar-refractivity contribution in [1.29, 1.82) is 0 Å². The topological polar surface area (TPSA) is 82.6 Å². The maximum atomic E-state index is 7.52. The summed E-state index contributed by atoms with van der Waals surface area (Å²) in [6, 6.07) is 47.6. The van der Waals surface area contributed by atoms with Crippen LogP contribution in [-0.2, 0) is 0 Å². The van der Waals surface area contributed by atoms with Crippen LogP contribution >= 0.6 is 34.2 Å². The number of rotatable bonds is 10. The summed E-state index contributed by atoms with van der Waals surface area (Å²) < 4.78 is 38.8. The summed E-state index contributed by atoms with van der Waals surface area (Å²) in [6.07, 6.45) is 0. The molecule has 1 heterocycles. The van der Waals surface area contributed by atoms with E-state index in [9.17, 15) is 0 Å². The third kappa shape index (κ3) is 8.54. The van der Waals surface area contributed by atoms with Gasteiger partial charge in [-0.1, -0.05) is 91.0 Å². The molecule has 3 unspecified atom stereocenters. The second-order valence-electron chi connectivity index (χ2n) is 10.1. The second kappa shape index (κ2) is 15.2. The van der Waals surface area contributed by atoms with Crippen molar-refractivity contribution in [3.05, 3.63) is 152 Å². The van der Waals surface area contributed by atoms with E-state index in [1.54, 1.807) is 0 Å². The smallest absolute Gasteiger partial charge is 0.444 e. The SMILES string of the molecule is CC1N=[P+](Oc2ccccc2)[C@@H](Oc2ccccc2)CN[P+](Cl)(Oc2ccccc2)N[P+]1(Oc1ccccc1)Oc1ccccc1. The molecule has 5 aromatic rings. The highest BCUT2D eigenvalue weighted by molar-refractivity contribution is 7.98. The Morgan fingerprint density at radius 3 is 1.50 bits per heavy atom. The lowest BCUT2D eigenvalue weighted by atomic mass is 10.3. The second-order valence-corrected chi connectivity index (χ2v) is 17.8. The van der Waals surface area contributed by atoms with E-state index in [0.29, 0.717) is 28.7 Å². The van der Waals surface area contributed by atoms with Gasteiger partial charge in [-0.3, -0.25) is 18.1 Å². The Bertz CT molecular complexity index is 1660. The molecule has 6 rings (SSSR count). The predicted molar refractivity (Wildman–Crippen MR) is 189 cm³/mol.